The van der Waals surface area contributed by atoms with Gasteiger partial charge in [0.15, 0.2) is 11.5 Å². The summed E-state index contributed by atoms with van der Waals surface area (Å²) in [5.41, 5.74) is 3.70. The monoisotopic (exact) mass is 395 g/mol. The van der Waals surface area contributed by atoms with Crippen molar-refractivity contribution in [3.05, 3.63) is 57.1 Å². The van der Waals surface area contributed by atoms with Gasteiger partial charge in [-0.15, -0.1) is 0 Å². The molecule has 0 saturated heterocycles. The SMILES string of the molecule is CC.COc1cc(CC[C@@H](C)N2Cc3cc(Cl)c(Cl)cc3C2)ccc1O. The van der Waals surface area contributed by atoms with Gasteiger partial charge in [-0.3, -0.25) is 4.90 Å². The molecular weight excluding hydrogens is 369 g/mol. The molecule has 0 aliphatic carbocycles. The lowest BCUT2D eigenvalue weighted by Crippen LogP contribution is -2.28. The summed E-state index contributed by atoms with van der Waals surface area (Å²) in [4.78, 5) is 2.44. The normalized spacial score (nSPS) is 14.4. The van der Waals surface area contributed by atoms with Gasteiger partial charge >= 0.3 is 0 Å². The predicted octanol–water partition coefficient (Wildman–Crippen LogP) is 6.07. The molecule has 0 bridgehead atoms. The summed E-state index contributed by atoms with van der Waals surface area (Å²) < 4.78 is 5.17. The molecule has 0 aromatic heterocycles. The van der Waals surface area contributed by atoms with Gasteiger partial charge in [0.25, 0.3) is 0 Å². The smallest absolute Gasteiger partial charge is 0.160 e. The standard InChI is InChI=1S/C19H21Cl2NO2.C2H6/c1-12(3-4-13-5-6-18(23)19(7-13)24-2)22-10-14-8-16(20)17(21)9-15(14)11-22;1-2/h5-9,12,23H,3-4,10-11H2,1-2H3;1-2H3/t12-;/m1./s1. The molecule has 2 aromatic rings. The fourth-order valence-corrected chi connectivity index (χ4v) is 3.54. The van der Waals surface area contributed by atoms with Gasteiger partial charge in [0.2, 0.25) is 0 Å². The topological polar surface area (TPSA) is 32.7 Å². The van der Waals surface area contributed by atoms with E-state index in [-0.39, 0.29) is 5.75 Å². The van der Waals surface area contributed by atoms with Crippen LogP contribution in [0.4, 0.5) is 0 Å². The molecule has 1 heterocycles. The molecule has 26 heavy (non-hydrogen) atoms. The van der Waals surface area contributed by atoms with Crippen LogP contribution < -0.4 is 4.74 Å². The summed E-state index contributed by atoms with van der Waals surface area (Å²) in [6.07, 6.45) is 1.97. The molecule has 1 N–H and O–H groups in total. The molecule has 0 unspecified atom stereocenters. The van der Waals surface area contributed by atoms with E-state index in [1.165, 1.54) is 16.7 Å². The van der Waals surface area contributed by atoms with Gasteiger partial charge in [0, 0.05) is 19.1 Å². The second-order valence-corrected chi connectivity index (χ2v) is 7.15. The number of aryl methyl sites for hydroxylation is 1. The van der Waals surface area contributed by atoms with E-state index in [1.807, 2.05) is 38.1 Å². The molecule has 142 valence electrons. The molecular formula is C21H27Cl2NO2. The van der Waals surface area contributed by atoms with Crippen LogP contribution in [0.25, 0.3) is 0 Å². The van der Waals surface area contributed by atoms with Crippen LogP contribution in [0.1, 0.15) is 43.9 Å². The number of methoxy groups -OCH3 is 1. The molecule has 0 amide bonds. The third-order valence-electron chi connectivity index (χ3n) is 4.71. The summed E-state index contributed by atoms with van der Waals surface area (Å²) in [7, 11) is 1.57. The maximum absolute atomic E-state index is 9.68. The molecule has 2 aromatic carbocycles. The third kappa shape index (κ3) is 4.85. The molecule has 0 saturated carbocycles. The van der Waals surface area contributed by atoms with Crippen LogP contribution >= 0.6 is 23.2 Å². The third-order valence-corrected chi connectivity index (χ3v) is 5.43. The number of ether oxygens (including phenoxy) is 1. The van der Waals surface area contributed by atoms with Crippen molar-refractivity contribution in [3.8, 4) is 11.5 Å². The lowest BCUT2D eigenvalue weighted by molar-refractivity contribution is 0.203. The van der Waals surface area contributed by atoms with Gasteiger partial charge in [-0.1, -0.05) is 43.1 Å². The van der Waals surface area contributed by atoms with Crippen LogP contribution in [-0.2, 0) is 19.5 Å². The molecule has 1 atom stereocenters. The highest BCUT2D eigenvalue weighted by atomic mass is 35.5. The van der Waals surface area contributed by atoms with Gasteiger partial charge in [0.1, 0.15) is 0 Å². The Balaban J connectivity index is 0.00000117. The summed E-state index contributed by atoms with van der Waals surface area (Å²) >= 11 is 12.2. The van der Waals surface area contributed by atoms with Crippen LogP contribution in [0.15, 0.2) is 30.3 Å². The zero-order valence-electron chi connectivity index (χ0n) is 15.9. The molecule has 0 spiro atoms. The minimum absolute atomic E-state index is 0.179. The second-order valence-electron chi connectivity index (χ2n) is 6.33. The summed E-state index contributed by atoms with van der Waals surface area (Å²) in [6, 6.07) is 9.94. The molecule has 3 nitrogen and oxygen atoms in total. The van der Waals surface area contributed by atoms with Crippen molar-refractivity contribution in [3.63, 3.8) is 0 Å². The Morgan fingerprint density at radius 1 is 1.08 bits per heavy atom. The summed E-state index contributed by atoms with van der Waals surface area (Å²) in [5, 5.41) is 10.9. The van der Waals surface area contributed by atoms with Gasteiger partial charge in [-0.05, 0) is 60.7 Å². The van der Waals surface area contributed by atoms with E-state index in [4.69, 9.17) is 27.9 Å². The second kappa shape index (κ2) is 9.50. The number of phenolic OH excluding ortho intramolecular Hbond substituents is 1. The lowest BCUT2D eigenvalue weighted by atomic mass is 10.0. The number of phenols is 1. The quantitative estimate of drug-likeness (QED) is 0.666. The number of rotatable bonds is 5. The minimum Gasteiger partial charge on any atom is -0.504 e. The summed E-state index contributed by atoms with van der Waals surface area (Å²) in [6.45, 7) is 8.06. The Hall–Kier alpha value is -1.42. The number of aromatic hydroxyl groups is 1. The highest BCUT2D eigenvalue weighted by Crippen LogP contribution is 2.33. The average molecular weight is 396 g/mol. The first kappa shape index (κ1) is 20.9. The molecule has 0 fully saturated rings. The zero-order chi connectivity index (χ0) is 19.3. The first-order valence-corrected chi connectivity index (χ1v) is 9.80. The Morgan fingerprint density at radius 3 is 2.19 bits per heavy atom. The number of halogens is 2. The van der Waals surface area contributed by atoms with Crippen LogP contribution in [0.3, 0.4) is 0 Å². The Labute approximate surface area is 166 Å². The van der Waals surface area contributed by atoms with Gasteiger partial charge in [-0.2, -0.15) is 0 Å². The molecule has 5 heteroatoms. The Bertz CT molecular complexity index is 718. The van der Waals surface area contributed by atoms with E-state index >= 15 is 0 Å². The van der Waals surface area contributed by atoms with Crippen LogP contribution in [-0.4, -0.2) is 23.2 Å². The van der Waals surface area contributed by atoms with E-state index in [9.17, 15) is 5.11 Å². The number of hydrogen-bond donors (Lipinski definition) is 1. The van der Waals surface area contributed by atoms with Gasteiger partial charge < -0.3 is 9.84 Å². The van der Waals surface area contributed by atoms with Crippen LogP contribution in [0.5, 0.6) is 11.5 Å². The summed E-state index contributed by atoms with van der Waals surface area (Å²) in [5.74, 6) is 0.705. The van der Waals surface area contributed by atoms with Crippen molar-refractivity contribution in [2.45, 2.75) is 52.7 Å². The van der Waals surface area contributed by atoms with E-state index in [1.54, 1.807) is 13.2 Å². The molecule has 3 rings (SSSR count). The minimum atomic E-state index is 0.179. The van der Waals surface area contributed by atoms with Crippen molar-refractivity contribution in [1.29, 1.82) is 0 Å². The van der Waals surface area contributed by atoms with Gasteiger partial charge in [-0.25, -0.2) is 0 Å². The maximum Gasteiger partial charge on any atom is 0.160 e. The first-order chi connectivity index (χ1) is 12.5. The maximum atomic E-state index is 9.68. The van der Waals surface area contributed by atoms with E-state index < -0.39 is 0 Å². The molecule has 1 aliphatic rings. The highest BCUT2D eigenvalue weighted by Gasteiger charge is 2.24. The van der Waals surface area contributed by atoms with Crippen molar-refractivity contribution in [1.82, 2.24) is 4.90 Å². The highest BCUT2D eigenvalue weighted by molar-refractivity contribution is 6.42. The largest absolute Gasteiger partial charge is 0.504 e. The number of benzene rings is 2. The Kier molecular flexibility index (Phi) is 7.63. The molecule has 1 aliphatic heterocycles. The van der Waals surface area contributed by atoms with Crippen molar-refractivity contribution in [2.24, 2.45) is 0 Å². The van der Waals surface area contributed by atoms with Crippen LogP contribution in [0, 0.1) is 0 Å². The Morgan fingerprint density at radius 2 is 1.65 bits per heavy atom. The number of fused-ring (bicyclic) bond motifs is 1. The van der Waals surface area contributed by atoms with Crippen molar-refractivity contribution in [2.75, 3.05) is 7.11 Å². The molecule has 0 radical (unpaired) electrons. The van der Waals surface area contributed by atoms with Gasteiger partial charge in [0.05, 0.1) is 17.2 Å². The van der Waals surface area contributed by atoms with Crippen LogP contribution in [0.2, 0.25) is 10.0 Å². The predicted molar refractivity (Wildman–Crippen MR) is 109 cm³/mol. The number of hydrogen-bond acceptors (Lipinski definition) is 3. The van der Waals surface area contributed by atoms with E-state index in [0.717, 1.165) is 25.9 Å². The van der Waals surface area contributed by atoms with Crippen molar-refractivity contribution < 1.29 is 9.84 Å². The lowest BCUT2D eigenvalue weighted by Gasteiger charge is -2.23. The van der Waals surface area contributed by atoms with E-state index in [0.29, 0.717) is 21.8 Å². The zero-order valence-corrected chi connectivity index (χ0v) is 17.4. The first-order valence-electron chi connectivity index (χ1n) is 9.04. The fraction of sp³-hybridized carbons (Fsp3) is 0.429. The average Bonchev–Trinajstić information content (AvgIpc) is 3.05. The van der Waals surface area contributed by atoms with E-state index in [2.05, 4.69) is 11.8 Å². The number of nitrogens with zero attached hydrogens (tertiary/aromatic N) is 1. The fourth-order valence-electron chi connectivity index (χ4n) is 3.16. The van der Waals surface area contributed by atoms with Crippen molar-refractivity contribution >= 4 is 23.2 Å².